The van der Waals surface area contributed by atoms with Crippen molar-refractivity contribution in [3.63, 3.8) is 0 Å². The minimum absolute atomic E-state index is 0.855. The lowest BCUT2D eigenvalue weighted by molar-refractivity contribution is -0.106. The van der Waals surface area contributed by atoms with Crippen LogP contribution in [0.1, 0.15) is 11.1 Å². The van der Waals surface area contributed by atoms with E-state index in [1.165, 1.54) is 11.1 Å². The summed E-state index contributed by atoms with van der Waals surface area (Å²) in [5.41, 5.74) is 2.75. The third-order valence-electron chi connectivity index (χ3n) is 2.43. The van der Waals surface area contributed by atoms with Crippen molar-refractivity contribution in [3.05, 3.63) is 41.9 Å². The number of hydrogen-bond acceptors (Lipinski definition) is 2. The first-order chi connectivity index (χ1) is 6.40. The number of aldehydes is 1. The first kappa shape index (κ1) is 8.45. The zero-order valence-corrected chi connectivity index (χ0v) is 7.44. The van der Waals surface area contributed by atoms with Crippen molar-refractivity contribution in [2.45, 2.75) is 13.0 Å². The Bertz CT molecular complexity index is 309. The number of carbonyl (C=O) groups is 1. The summed E-state index contributed by atoms with van der Waals surface area (Å²) in [5.74, 6) is 0. The molecule has 1 aromatic carbocycles. The molecular formula is C11H12NO. The van der Waals surface area contributed by atoms with Gasteiger partial charge in [-0.3, -0.25) is 4.90 Å². The molecule has 1 aromatic rings. The molecule has 0 saturated heterocycles. The maximum Gasteiger partial charge on any atom is 0.139 e. The molecule has 0 saturated carbocycles. The van der Waals surface area contributed by atoms with Crippen molar-refractivity contribution in [1.29, 1.82) is 0 Å². The van der Waals surface area contributed by atoms with Crippen LogP contribution in [0.2, 0.25) is 0 Å². The molecule has 0 aromatic heterocycles. The minimum atomic E-state index is 0.855. The highest BCUT2D eigenvalue weighted by Crippen LogP contribution is 2.18. The molecule has 0 atom stereocenters. The van der Waals surface area contributed by atoms with Crippen molar-refractivity contribution in [1.82, 2.24) is 4.90 Å². The summed E-state index contributed by atoms with van der Waals surface area (Å²) in [4.78, 5) is 12.3. The summed E-state index contributed by atoms with van der Waals surface area (Å²) in [6, 6.07) is 8.40. The van der Waals surface area contributed by atoms with Gasteiger partial charge < -0.3 is 4.79 Å². The van der Waals surface area contributed by atoms with E-state index in [1.807, 2.05) is 6.07 Å². The van der Waals surface area contributed by atoms with E-state index in [-0.39, 0.29) is 0 Å². The van der Waals surface area contributed by atoms with Gasteiger partial charge in [0.25, 0.3) is 0 Å². The highest BCUT2D eigenvalue weighted by Gasteiger charge is 2.14. The summed E-state index contributed by atoms with van der Waals surface area (Å²) >= 11 is 0. The van der Waals surface area contributed by atoms with Crippen LogP contribution in [0.3, 0.4) is 0 Å². The van der Waals surface area contributed by atoms with Gasteiger partial charge >= 0.3 is 0 Å². The minimum Gasteiger partial charge on any atom is -0.302 e. The Morgan fingerprint density at radius 3 is 2.77 bits per heavy atom. The summed E-state index contributed by atoms with van der Waals surface area (Å²) < 4.78 is 0. The van der Waals surface area contributed by atoms with Crippen molar-refractivity contribution in [2.75, 3.05) is 6.54 Å². The Balaban J connectivity index is 2.15. The molecule has 13 heavy (non-hydrogen) atoms. The van der Waals surface area contributed by atoms with Gasteiger partial charge in [0.1, 0.15) is 6.29 Å². The van der Waals surface area contributed by atoms with Gasteiger partial charge in [-0.1, -0.05) is 24.3 Å². The number of rotatable bonds is 2. The van der Waals surface area contributed by atoms with E-state index in [2.05, 4.69) is 23.1 Å². The van der Waals surface area contributed by atoms with Crippen molar-refractivity contribution < 1.29 is 4.79 Å². The van der Waals surface area contributed by atoms with Gasteiger partial charge in [-0.05, 0) is 17.5 Å². The number of carbonyl (C=O) groups excluding carboxylic acids is 1. The quantitative estimate of drug-likeness (QED) is 0.632. The zero-order valence-electron chi connectivity index (χ0n) is 7.44. The fourth-order valence-corrected chi connectivity index (χ4v) is 1.73. The number of fused-ring (bicyclic) bond motifs is 1. The van der Waals surface area contributed by atoms with E-state index in [0.717, 1.165) is 25.8 Å². The third kappa shape index (κ3) is 1.78. The highest BCUT2D eigenvalue weighted by molar-refractivity contribution is 5.60. The molecule has 0 N–H and O–H groups in total. The van der Waals surface area contributed by atoms with Crippen LogP contribution in [-0.4, -0.2) is 17.7 Å². The van der Waals surface area contributed by atoms with Crippen LogP contribution in [0.5, 0.6) is 0 Å². The van der Waals surface area contributed by atoms with Crippen LogP contribution in [-0.2, 0) is 17.8 Å². The van der Waals surface area contributed by atoms with Crippen LogP contribution in [0.15, 0.2) is 24.3 Å². The van der Waals surface area contributed by atoms with Crippen LogP contribution >= 0.6 is 0 Å². The lowest BCUT2D eigenvalue weighted by Gasteiger charge is -2.26. The second-order valence-electron chi connectivity index (χ2n) is 3.27. The topological polar surface area (TPSA) is 20.3 Å². The molecule has 1 aliphatic heterocycles. The van der Waals surface area contributed by atoms with E-state index >= 15 is 0 Å². The van der Waals surface area contributed by atoms with Gasteiger partial charge in [0.05, 0.1) is 6.54 Å². The van der Waals surface area contributed by atoms with E-state index in [9.17, 15) is 4.79 Å². The molecule has 2 rings (SSSR count). The van der Waals surface area contributed by atoms with Crippen molar-refractivity contribution >= 4 is 6.29 Å². The zero-order chi connectivity index (χ0) is 9.10. The predicted octanol–water partition coefficient (Wildman–Crippen LogP) is 1.41. The average molecular weight is 174 g/mol. The SMILES string of the molecule is O=C[CH]N1CCc2ccccc2C1. The van der Waals surface area contributed by atoms with Crippen LogP contribution in [0, 0.1) is 6.54 Å². The number of nitrogens with zero attached hydrogens (tertiary/aromatic N) is 1. The summed E-state index contributed by atoms with van der Waals surface area (Å²) in [6.07, 6.45) is 1.90. The monoisotopic (exact) mass is 174 g/mol. The highest BCUT2D eigenvalue weighted by atomic mass is 16.1. The van der Waals surface area contributed by atoms with E-state index in [0.29, 0.717) is 0 Å². The van der Waals surface area contributed by atoms with Gasteiger partial charge in [0.2, 0.25) is 0 Å². The molecule has 0 bridgehead atoms. The van der Waals surface area contributed by atoms with Gasteiger partial charge in [0.15, 0.2) is 0 Å². The van der Waals surface area contributed by atoms with E-state index in [1.54, 1.807) is 6.54 Å². The maximum absolute atomic E-state index is 10.3. The molecule has 1 aliphatic rings. The molecule has 1 heterocycles. The summed E-state index contributed by atoms with van der Waals surface area (Å²) in [6.45, 7) is 3.45. The Morgan fingerprint density at radius 1 is 1.23 bits per heavy atom. The van der Waals surface area contributed by atoms with E-state index < -0.39 is 0 Å². The molecule has 0 unspecified atom stereocenters. The lowest BCUT2D eigenvalue weighted by Crippen LogP contribution is -2.28. The molecule has 0 aliphatic carbocycles. The van der Waals surface area contributed by atoms with E-state index in [4.69, 9.17) is 0 Å². The van der Waals surface area contributed by atoms with Gasteiger partial charge in [-0.15, -0.1) is 0 Å². The molecule has 67 valence electrons. The Kier molecular flexibility index (Phi) is 2.41. The molecule has 2 heteroatoms. The maximum atomic E-state index is 10.3. The van der Waals surface area contributed by atoms with Gasteiger partial charge in [0, 0.05) is 13.1 Å². The lowest BCUT2D eigenvalue weighted by atomic mass is 10.0. The van der Waals surface area contributed by atoms with Crippen LogP contribution in [0.25, 0.3) is 0 Å². The van der Waals surface area contributed by atoms with Crippen LogP contribution in [0.4, 0.5) is 0 Å². The van der Waals surface area contributed by atoms with Crippen LogP contribution < -0.4 is 0 Å². The first-order valence-corrected chi connectivity index (χ1v) is 4.49. The normalized spacial score (nSPS) is 16.6. The second-order valence-corrected chi connectivity index (χ2v) is 3.27. The molecule has 0 amide bonds. The number of hydrogen-bond donors (Lipinski definition) is 0. The summed E-state index contributed by atoms with van der Waals surface area (Å²) in [5, 5.41) is 0. The largest absolute Gasteiger partial charge is 0.302 e. The first-order valence-electron chi connectivity index (χ1n) is 4.49. The smallest absolute Gasteiger partial charge is 0.139 e. The fourth-order valence-electron chi connectivity index (χ4n) is 1.73. The Hall–Kier alpha value is -1.15. The van der Waals surface area contributed by atoms with Crippen molar-refractivity contribution in [3.8, 4) is 0 Å². The van der Waals surface area contributed by atoms with Crippen molar-refractivity contribution in [2.24, 2.45) is 0 Å². The second kappa shape index (κ2) is 3.71. The average Bonchev–Trinajstić information content (AvgIpc) is 2.18. The fraction of sp³-hybridized carbons (Fsp3) is 0.273. The van der Waals surface area contributed by atoms with Gasteiger partial charge in [-0.2, -0.15) is 0 Å². The molecule has 0 spiro atoms. The number of benzene rings is 1. The Morgan fingerprint density at radius 2 is 2.00 bits per heavy atom. The molecule has 2 nitrogen and oxygen atoms in total. The standard InChI is InChI=1S/C11H12NO/c13-8-7-12-6-5-10-3-1-2-4-11(10)9-12/h1-4,7-8H,5-6,9H2. The molecule has 1 radical (unpaired) electrons. The predicted molar refractivity (Wildman–Crippen MR) is 50.9 cm³/mol. The van der Waals surface area contributed by atoms with Gasteiger partial charge in [-0.25, -0.2) is 0 Å². The molecule has 0 fully saturated rings. The Labute approximate surface area is 78.2 Å². The molecular weight excluding hydrogens is 162 g/mol. The third-order valence-corrected chi connectivity index (χ3v) is 2.43. The summed E-state index contributed by atoms with van der Waals surface area (Å²) in [7, 11) is 0.